The fourth-order valence-corrected chi connectivity index (χ4v) is 3.03. The summed E-state index contributed by atoms with van der Waals surface area (Å²) in [6, 6.07) is 7.18. The molecule has 6 heteroatoms. The monoisotopic (exact) mass is 315 g/mol. The number of rotatable bonds is 6. The van der Waals surface area contributed by atoms with Crippen LogP contribution in [-0.2, 0) is 11.3 Å². The first kappa shape index (κ1) is 15.6. The van der Waals surface area contributed by atoms with Crippen LogP contribution >= 0.6 is 0 Å². The van der Waals surface area contributed by atoms with E-state index in [9.17, 15) is 9.90 Å². The lowest BCUT2D eigenvalue weighted by Gasteiger charge is -2.22. The minimum atomic E-state index is -0.809. The van der Waals surface area contributed by atoms with Gasteiger partial charge in [0.1, 0.15) is 11.8 Å². The molecule has 23 heavy (non-hydrogen) atoms. The van der Waals surface area contributed by atoms with Crippen LogP contribution in [0.3, 0.4) is 0 Å². The van der Waals surface area contributed by atoms with Gasteiger partial charge in [0.15, 0.2) is 0 Å². The van der Waals surface area contributed by atoms with E-state index in [4.69, 9.17) is 4.74 Å². The van der Waals surface area contributed by atoms with E-state index in [2.05, 4.69) is 5.10 Å². The summed E-state index contributed by atoms with van der Waals surface area (Å²) in [7, 11) is 1.64. The lowest BCUT2D eigenvalue weighted by Crippen LogP contribution is -2.31. The lowest BCUT2D eigenvalue weighted by atomic mass is 10.1. The smallest absolute Gasteiger partial charge is 0.325 e. The predicted octanol–water partition coefficient (Wildman–Crippen LogP) is 2.16. The molecular formula is C17H21N3O3. The summed E-state index contributed by atoms with van der Waals surface area (Å²) >= 11 is 0. The minimum Gasteiger partial charge on any atom is -0.497 e. The fraction of sp³-hybridized carbons (Fsp3) is 0.412. The maximum atomic E-state index is 11.6. The van der Waals surface area contributed by atoms with Crippen LogP contribution < -0.4 is 4.74 Å². The zero-order chi connectivity index (χ0) is 16.2. The number of hydrogen-bond acceptors (Lipinski definition) is 4. The summed E-state index contributed by atoms with van der Waals surface area (Å²) in [4.78, 5) is 13.6. The van der Waals surface area contributed by atoms with Crippen molar-refractivity contribution in [2.75, 3.05) is 20.2 Å². The Bertz CT molecular complexity index is 660. The molecule has 1 aliphatic rings. The number of hydrogen-bond donors (Lipinski definition) is 1. The first-order valence-electron chi connectivity index (χ1n) is 7.79. The molecule has 2 aromatic rings. The van der Waals surface area contributed by atoms with Crippen LogP contribution in [0, 0.1) is 0 Å². The summed E-state index contributed by atoms with van der Waals surface area (Å²) in [5.74, 6) is 0.00535. The second-order valence-corrected chi connectivity index (χ2v) is 5.80. The molecule has 1 aromatic heterocycles. The molecular weight excluding hydrogens is 294 g/mol. The van der Waals surface area contributed by atoms with Crippen molar-refractivity contribution in [2.45, 2.75) is 25.4 Å². The maximum Gasteiger partial charge on any atom is 0.325 e. The first-order chi connectivity index (χ1) is 11.2. The highest BCUT2D eigenvalue weighted by molar-refractivity contribution is 5.75. The van der Waals surface area contributed by atoms with Gasteiger partial charge in [-0.15, -0.1) is 0 Å². The SMILES string of the molecule is COc1ccc(Cn2cc([C@@H](C(=O)O)N3CCCC3)cn2)cc1. The molecule has 1 aromatic carbocycles. The third-order valence-corrected chi connectivity index (χ3v) is 4.21. The molecule has 3 rings (SSSR count). The third kappa shape index (κ3) is 3.53. The van der Waals surface area contributed by atoms with E-state index < -0.39 is 12.0 Å². The van der Waals surface area contributed by atoms with E-state index in [1.54, 1.807) is 18.0 Å². The third-order valence-electron chi connectivity index (χ3n) is 4.21. The van der Waals surface area contributed by atoms with Crippen LogP contribution in [0.25, 0.3) is 0 Å². The Morgan fingerprint density at radius 1 is 1.30 bits per heavy atom. The Labute approximate surface area is 135 Å². The molecule has 0 spiro atoms. The number of nitrogens with zero attached hydrogens (tertiary/aromatic N) is 3. The molecule has 0 amide bonds. The van der Waals surface area contributed by atoms with Crippen LogP contribution in [0.1, 0.15) is 30.0 Å². The number of methoxy groups -OCH3 is 1. The van der Waals surface area contributed by atoms with Crippen molar-refractivity contribution in [1.29, 1.82) is 0 Å². The summed E-state index contributed by atoms with van der Waals surface area (Å²) in [5.41, 5.74) is 1.83. The van der Waals surface area contributed by atoms with Crippen molar-refractivity contribution in [3.63, 3.8) is 0 Å². The van der Waals surface area contributed by atoms with Crippen molar-refractivity contribution in [1.82, 2.24) is 14.7 Å². The Kier molecular flexibility index (Phi) is 4.62. The molecule has 1 N–H and O–H groups in total. The Balaban J connectivity index is 1.74. The number of carbonyl (C=O) groups is 1. The molecule has 1 saturated heterocycles. The molecule has 6 nitrogen and oxygen atoms in total. The molecule has 1 aliphatic heterocycles. The number of aliphatic carboxylic acids is 1. The van der Waals surface area contributed by atoms with Gasteiger partial charge in [0.2, 0.25) is 0 Å². The fourth-order valence-electron chi connectivity index (χ4n) is 3.03. The van der Waals surface area contributed by atoms with Gasteiger partial charge in [-0.05, 0) is 43.6 Å². The van der Waals surface area contributed by atoms with Gasteiger partial charge in [0.05, 0.1) is 19.9 Å². The number of aromatic nitrogens is 2. The van der Waals surface area contributed by atoms with Crippen LogP contribution in [-0.4, -0.2) is 46.0 Å². The summed E-state index contributed by atoms with van der Waals surface area (Å²) < 4.78 is 6.93. The maximum absolute atomic E-state index is 11.6. The largest absolute Gasteiger partial charge is 0.497 e. The zero-order valence-electron chi connectivity index (χ0n) is 13.2. The molecule has 1 fully saturated rings. The second kappa shape index (κ2) is 6.83. The normalized spacial score (nSPS) is 16.4. The highest BCUT2D eigenvalue weighted by Gasteiger charge is 2.30. The van der Waals surface area contributed by atoms with Gasteiger partial charge in [0.25, 0.3) is 0 Å². The highest BCUT2D eigenvalue weighted by Crippen LogP contribution is 2.25. The Hall–Kier alpha value is -2.34. The van der Waals surface area contributed by atoms with Gasteiger partial charge in [-0.3, -0.25) is 14.4 Å². The van der Waals surface area contributed by atoms with Gasteiger partial charge in [0, 0.05) is 11.8 Å². The van der Waals surface area contributed by atoms with Crippen molar-refractivity contribution in [3.05, 3.63) is 47.8 Å². The number of benzene rings is 1. The standard InChI is InChI=1S/C17H21N3O3/c1-23-15-6-4-13(5-7-15)11-20-12-14(10-18-20)16(17(21)22)19-8-2-3-9-19/h4-7,10,12,16H,2-3,8-9,11H2,1H3,(H,21,22)/t16-/m0/s1. The van der Waals surface area contributed by atoms with Gasteiger partial charge < -0.3 is 9.84 Å². The van der Waals surface area contributed by atoms with Crippen molar-refractivity contribution in [2.24, 2.45) is 0 Å². The molecule has 122 valence electrons. The van der Waals surface area contributed by atoms with Gasteiger partial charge in [-0.25, -0.2) is 0 Å². The average Bonchev–Trinajstić information content (AvgIpc) is 3.21. The second-order valence-electron chi connectivity index (χ2n) is 5.80. The topological polar surface area (TPSA) is 67.6 Å². The number of ether oxygens (including phenoxy) is 1. The predicted molar refractivity (Wildman–Crippen MR) is 85.5 cm³/mol. The van der Waals surface area contributed by atoms with E-state index in [1.807, 2.05) is 35.4 Å². The summed E-state index contributed by atoms with van der Waals surface area (Å²) in [5, 5.41) is 13.9. The Morgan fingerprint density at radius 2 is 2.00 bits per heavy atom. The van der Waals surface area contributed by atoms with Crippen molar-refractivity contribution >= 4 is 5.97 Å². The van der Waals surface area contributed by atoms with Crippen LogP contribution in [0.5, 0.6) is 5.75 Å². The number of carboxylic acid groups (broad SMARTS) is 1. The van der Waals surface area contributed by atoms with E-state index in [-0.39, 0.29) is 0 Å². The first-order valence-corrected chi connectivity index (χ1v) is 7.79. The molecule has 0 unspecified atom stereocenters. The van der Waals surface area contributed by atoms with Gasteiger partial charge in [-0.2, -0.15) is 5.10 Å². The van der Waals surface area contributed by atoms with Crippen LogP contribution in [0.4, 0.5) is 0 Å². The van der Waals surface area contributed by atoms with E-state index >= 15 is 0 Å². The number of likely N-dealkylation sites (tertiary alicyclic amines) is 1. The zero-order valence-corrected chi connectivity index (χ0v) is 13.2. The van der Waals surface area contributed by atoms with Crippen molar-refractivity contribution in [3.8, 4) is 5.75 Å². The highest BCUT2D eigenvalue weighted by atomic mass is 16.5. The summed E-state index contributed by atoms with van der Waals surface area (Å²) in [6.07, 6.45) is 5.62. The lowest BCUT2D eigenvalue weighted by molar-refractivity contribution is -0.143. The number of carboxylic acids is 1. The van der Waals surface area contributed by atoms with Crippen LogP contribution in [0.2, 0.25) is 0 Å². The van der Waals surface area contributed by atoms with Gasteiger partial charge in [-0.1, -0.05) is 12.1 Å². The van der Waals surface area contributed by atoms with E-state index in [0.717, 1.165) is 42.8 Å². The minimum absolute atomic E-state index is 0.595. The van der Waals surface area contributed by atoms with E-state index in [0.29, 0.717) is 6.54 Å². The van der Waals surface area contributed by atoms with E-state index in [1.165, 1.54) is 0 Å². The molecule has 0 bridgehead atoms. The average molecular weight is 315 g/mol. The molecule has 0 saturated carbocycles. The Morgan fingerprint density at radius 3 is 2.61 bits per heavy atom. The quantitative estimate of drug-likeness (QED) is 0.885. The van der Waals surface area contributed by atoms with Crippen molar-refractivity contribution < 1.29 is 14.6 Å². The van der Waals surface area contributed by atoms with Crippen LogP contribution in [0.15, 0.2) is 36.7 Å². The molecule has 0 aliphatic carbocycles. The molecule has 1 atom stereocenters. The molecule has 2 heterocycles. The summed E-state index contributed by atoms with van der Waals surface area (Å²) in [6.45, 7) is 2.28. The van der Waals surface area contributed by atoms with Gasteiger partial charge >= 0.3 is 5.97 Å². The molecule has 0 radical (unpaired) electrons.